The highest BCUT2D eigenvalue weighted by molar-refractivity contribution is 8.05. The van der Waals surface area contributed by atoms with Gasteiger partial charge < -0.3 is 5.73 Å². The minimum Gasteiger partial charge on any atom is -0.326 e. The highest BCUT2D eigenvalue weighted by atomic mass is 32.2. The number of rotatable bonds is 2. The van der Waals surface area contributed by atoms with Crippen LogP contribution in [-0.4, -0.2) is 23.5 Å². The number of hydrogen-bond donors (Lipinski definition) is 1. The van der Waals surface area contributed by atoms with Gasteiger partial charge in [-0.15, -0.1) is 0 Å². The van der Waals surface area contributed by atoms with Crippen LogP contribution in [-0.2, 0) is 4.79 Å². The highest BCUT2D eigenvalue weighted by Crippen LogP contribution is 2.31. The first-order valence-corrected chi connectivity index (χ1v) is 5.91. The number of hydrogen-bond acceptors (Lipinski definition) is 6. The molecular formula is C8H8N4OS2. The summed E-state index contributed by atoms with van der Waals surface area (Å²) < 4.78 is 0.792. The molecule has 1 aromatic heterocycles. The molecule has 2 heterocycles. The second-order valence-electron chi connectivity index (χ2n) is 3.12. The lowest BCUT2D eigenvalue weighted by molar-refractivity contribution is -0.117. The molecule has 0 aromatic carbocycles. The Kier molecular flexibility index (Phi) is 2.90. The Morgan fingerprint density at radius 2 is 2.60 bits per heavy atom. The van der Waals surface area contributed by atoms with E-state index >= 15 is 0 Å². The van der Waals surface area contributed by atoms with Crippen molar-refractivity contribution < 1.29 is 4.79 Å². The number of anilines is 1. The number of aromatic nitrogens is 1. The number of nitrogens with two attached hydrogens (primary N) is 1. The smallest absolute Gasteiger partial charge is 0.230 e. The Hall–Kier alpha value is -1.10. The van der Waals surface area contributed by atoms with Gasteiger partial charge in [-0.05, 0) is 0 Å². The molecule has 0 aliphatic carbocycles. The van der Waals surface area contributed by atoms with Crippen LogP contribution in [0.3, 0.4) is 0 Å². The Morgan fingerprint density at radius 3 is 3.20 bits per heavy atom. The number of thiazole rings is 1. The molecule has 1 amide bonds. The topological polar surface area (TPSA) is 83.0 Å². The molecule has 2 N–H and O–H groups in total. The van der Waals surface area contributed by atoms with Crippen molar-refractivity contribution in [3.63, 3.8) is 0 Å². The molecule has 5 nitrogen and oxygen atoms in total. The normalized spacial score (nSPS) is 20.7. The van der Waals surface area contributed by atoms with Gasteiger partial charge in [-0.3, -0.25) is 9.69 Å². The van der Waals surface area contributed by atoms with Crippen molar-refractivity contribution in [1.82, 2.24) is 4.98 Å². The van der Waals surface area contributed by atoms with Gasteiger partial charge in [-0.25, -0.2) is 4.98 Å². The number of nitrogens with zero attached hydrogens (tertiary/aromatic N) is 3. The molecule has 1 unspecified atom stereocenters. The lowest BCUT2D eigenvalue weighted by Gasteiger charge is -2.10. The van der Waals surface area contributed by atoms with Gasteiger partial charge in [0.1, 0.15) is 5.40 Å². The summed E-state index contributed by atoms with van der Waals surface area (Å²) in [5.74, 6) is 0.00496. The third kappa shape index (κ3) is 2.12. The molecular weight excluding hydrogens is 232 g/mol. The summed E-state index contributed by atoms with van der Waals surface area (Å²) in [6.07, 6.45) is 1.98. The van der Waals surface area contributed by atoms with Gasteiger partial charge in [0.05, 0.1) is 10.4 Å². The molecule has 1 aromatic rings. The van der Waals surface area contributed by atoms with E-state index in [1.807, 2.05) is 5.40 Å². The fraction of sp³-hybridized carbons (Fsp3) is 0.375. The van der Waals surface area contributed by atoms with Crippen LogP contribution in [0.2, 0.25) is 0 Å². The van der Waals surface area contributed by atoms with Crippen LogP contribution >= 0.6 is 23.1 Å². The van der Waals surface area contributed by atoms with Crippen molar-refractivity contribution in [2.45, 2.75) is 16.7 Å². The molecule has 2 rings (SSSR count). The van der Waals surface area contributed by atoms with E-state index in [0.29, 0.717) is 18.1 Å². The predicted octanol–water partition coefficient (Wildman–Crippen LogP) is 0.780. The molecule has 0 spiro atoms. The zero-order chi connectivity index (χ0) is 10.8. The van der Waals surface area contributed by atoms with Gasteiger partial charge in [-0.2, -0.15) is 5.26 Å². The average Bonchev–Trinajstić information content (AvgIpc) is 2.73. The molecule has 1 fully saturated rings. The predicted molar refractivity (Wildman–Crippen MR) is 58.5 cm³/mol. The van der Waals surface area contributed by atoms with Gasteiger partial charge in [0.15, 0.2) is 5.13 Å². The van der Waals surface area contributed by atoms with E-state index < -0.39 is 0 Å². The van der Waals surface area contributed by atoms with Gasteiger partial charge in [0.25, 0.3) is 0 Å². The summed E-state index contributed by atoms with van der Waals surface area (Å²) in [5, 5.41) is 11.1. The van der Waals surface area contributed by atoms with Crippen LogP contribution in [0, 0.1) is 10.7 Å². The Morgan fingerprint density at radius 1 is 1.80 bits per heavy atom. The summed E-state index contributed by atoms with van der Waals surface area (Å²) in [6.45, 7) is 0.517. The summed E-state index contributed by atoms with van der Waals surface area (Å²) in [7, 11) is 0. The van der Waals surface area contributed by atoms with Crippen LogP contribution in [0.15, 0.2) is 10.4 Å². The number of carbonyl (C=O) groups is 1. The van der Waals surface area contributed by atoms with E-state index in [0.717, 1.165) is 16.0 Å². The molecule has 7 heteroatoms. The first-order valence-electron chi connectivity index (χ1n) is 4.28. The van der Waals surface area contributed by atoms with Crippen LogP contribution in [0.25, 0.3) is 0 Å². The van der Waals surface area contributed by atoms with Gasteiger partial charge in [0, 0.05) is 30.8 Å². The lowest BCUT2D eigenvalue weighted by Crippen LogP contribution is -2.27. The lowest BCUT2D eigenvalue weighted by atomic mass is 10.3. The molecule has 0 saturated carbocycles. The van der Waals surface area contributed by atoms with Crippen LogP contribution in [0.1, 0.15) is 6.42 Å². The maximum absolute atomic E-state index is 11.5. The summed E-state index contributed by atoms with van der Waals surface area (Å²) in [5.41, 5.74) is 5.68. The average molecular weight is 240 g/mol. The molecule has 1 atom stereocenters. The third-order valence-corrected chi connectivity index (χ3v) is 3.72. The highest BCUT2D eigenvalue weighted by Gasteiger charge is 2.29. The molecule has 1 aliphatic rings. The van der Waals surface area contributed by atoms with Crippen molar-refractivity contribution in [1.29, 1.82) is 5.26 Å². The first-order chi connectivity index (χ1) is 7.20. The fourth-order valence-corrected chi connectivity index (χ4v) is 2.76. The minimum absolute atomic E-state index is 0.00496. The SMILES string of the molecule is N#CSc1cnc(N2CC(N)CC2=O)s1. The van der Waals surface area contributed by atoms with Crippen LogP contribution in [0.4, 0.5) is 5.13 Å². The number of thioether (sulfide) groups is 1. The number of nitriles is 1. The molecule has 1 aliphatic heterocycles. The Labute approximate surface area is 94.9 Å². The van der Waals surface area contributed by atoms with Gasteiger partial charge in [-0.1, -0.05) is 11.3 Å². The van der Waals surface area contributed by atoms with E-state index in [2.05, 4.69) is 4.98 Å². The standard InChI is InChI=1S/C8H8N4OS2/c9-4-14-7-2-11-8(15-7)12-3-5(10)1-6(12)13/h2,5H,1,3,10H2. The van der Waals surface area contributed by atoms with Crippen LogP contribution in [0.5, 0.6) is 0 Å². The van der Waals surface area contributed by atoms with E-state index in [1.54, 1.807) is 11.1 Å². The molecule has 0 bridgehead atoms. The zero-order valence-corrected chi connectivity index (χ0v) is 9.35. The molecule has 78 valence electrons. The minimum atomic E-state index is -0.103. The second kappa shape index (κ2) is 4.18. The fourth-order valence-electron chi connectivity index (χ4n) is 1.39. The van der Waals surface area contributed by atoms with E-state index in [4.69, 9.17) is 11.0 Å². The van der Waals surface area contributed by atoms with Crippen molar-refractivity contribution >= 4 is 34.1 Å². The largest absolute Gasteiger partial charge is 0.326 e. The number of thiocyanates is 1. The molecule has 1 saturated heterocycles. The second-order valence-corrected chi connectivity index (χ2v) is 5.22. The first kappa shape index (κ1) is 10.4. The van der Waals surface area contributed by atoms with E-state index in [9.17, 15) is 4.79 Å². The van der Waals surface area contributed by atoms with Gasteiger partial charge in [0.2, 0.25) is 5.91 Å². The Bertz CT molecular complexity index is 425. The van der Waals surface area contributed by atoms with Crippen molar-refractivity contribution in [3.05, 3.63) is 6.20 Å². The van der Waals surface area contributed by atoms with Gasteiger partial charge >= 0.3 is 0 Å². The summed E-state index contributed by atoms with van der Waals surface area (Å²) >= 11 is 2.39. The molecule has 15 heavy (non-hydrogen) atoms. The van der Waals surface area contributed by atoms with Crippen molar-refractivity contribution in [2.24, 2.45) is 5.73 Å². The number of carbonyl (C=O) groups excluding carboxylic acids is 1. The Balaban J connectivity index is 2.16. The number of amides is 1. The van der Waals surface area contributed by atoms with Crippen molar-refractivity contribution in [2.75, 3.05) is 11.4 Å². The van der Waals surface area contributed by atoms with Crippen molar-refractivity contribution in [3.8, 4) is 5.40 Å². The zero-order valence-electron chi connectivity index (χ0n) is 7.71. The van der Waals surface area contributed by atoms with E-state index in [-0.39, 0.29) is 11.9 Å². The summed E-state index contributed by atoms with van der Waals surface area (Å²) in [6, 6.07) is -0.103. The van der Waals surface area contributed by atoms with Crippen LogP contribution < -0.4 is 10.6 Å². The van der Waals surface area contributed by atoms with E-state index in [1.165, 1.54) is 11.3 Å². The maximum atomic E-state index is 11.5. The third-order valence-electron chi connectivity index (χ3n) is 2.00. The quantitative estimate of drug-likeness (QED) is 0.610. The summed E-state index contributed by atoms with van der Waals surface area (Å²) in [4.78, 5) is 17.2. The maximum Gasteiger partial charge on any atom is 0.230 e. The monoisotopic (exact) mass is 240 g/mol. The molecule has 0 radical (unpaired) electrons.